The molecular formula is C27H26N4O3. The maximum atomic E-state index is 13.1. The molecule has 0 aliphatic carbocycles. The van der Waals surface area contributed by atoms with Gasteiger partial charge in [-0.25, -0.2) is 4.98 Å². The molecule has 1 unspecified atom stereocenters. The molecule has 1 saturated heterocycles. The number of fused-ring (bicyclic) bond motifs is 1. The minimum absolute atomic E-state index is 0.171. The van der Waals surface area contributed by atoms with Gasteiger partial charge in [0, 0.05) is 29.5 Å². The van der Waals surface area contributed by atoms with Crippen LogP contribution in [0.5, 0.6) is 0 Å². The second kappa shape index (κ2) is 9.02. The summed E-state index contributed by atoms with van der Waals surface area (Å²) in [6, 6.07) is 19.4. The summed E-state index contributed by atoms with van der Waals surface area (Å²) in [7, 11) is 0. The monoisotopic (exact) mass is 454 g/mol. The standard InChI is InChI=1S/C27H26N4O3/c1-17-6-4-5-13-31(17)23-12-11-21(15-22(23)26(28)32)30-27(33)24-25(34-16-29-24)20-10-9-18-7-2-3-8-19(18)14-20/h2-3,7-12,14-17H,4-6,13H2,1H3,(H2,28,32)(H,30,33). The van der Waals surface area contributed by atoms with Gasteiger partial charge in [0.1, 0.15) is 0 Å². The molecule has 1 atom stereocenters. The van der Waals surface area contributed by atoms with Gasteiger partial charge in [0.25, 0.3) is 11.8 Å². The summed E-state index contributed by atoms with van der Waals surface area (Å²) >= 11 is 0. The van der Waals surface area contributed by atoms with Crippen molar-refractivity contribution in [2.45, 2.75) is 32.2 Å². The van der Waals surface area contributed by atoms with Crippen molar-refractivity contribution in [3.8, 4) is 11.3 Å². The summed E-state index contributed by atoms with van der Waals surface area (Å²) in [6.07, 6.45) is 4.58. The van der Waals surface area contributed by atoms with Crippen molar-refractivity contribution >= 4 is 34.0 Å². The molecule has 34 heavy (non-hydrogen) atoms. The molecule has 4 aromatic rings. The summed E-state index contributed by atoms with van der Waals surface area (Å²) in [5.41, 5.74) is 8.29. The molecule has 1 aliphatic rings. The SMILES string of the molecule is CC1CCCCN1c1ccc(NC(=O)c2ncoc2-c2ccc3ccccc3c2)cc1C(N)=O. The Morgan fingerprint density at radius 1 is 1.06 bits per heavy atom. The molecule has 0 bridgehead atoms. The van der Waals surface area contributed by atoms with E-state index >= 15 is 0 Å². The van der Waals surface area contributed by atoms with Gasteiger partial charge in [-0.15, -0.1) is 0 Å². The number of amides is 2. The minimum atomic E-state index is -0.526. The van der Waals surface area contributed by atoms with E-state index in [-0.39, 0.29) is 5.69 Å². The van der Waals surface area contributed by atoms with Gasteiger partial charge in [0.15, 0.2) is 17.8 Å². The molecule has 3 N–H and O–H groups in total. The predicted octanol–water partition coefficient (Wildman–Crippen LogP) is 5.22. The number of benzene rings is 3. The minimum Gasteiger partial charge on any atom is -0.443 e. The van der Waals surface area contributed by atoms with Crippen molar-refractivity contribution in [1.29, 1.82) is 0 Å². The van der Waals surface area contributed by atoms with Gasteiger partial charge in [0.05, 0.1) is 5.56 Å². The van der Waals surface area contributed by atoms with Gasteiger partial charge >= 0.3 is 0 Å². The zero-order valence-corrected chi connectivity index (χ0v) is 19.0. The second-order valence-electron chi connectivity index (χ2n) is 8.68. The van der Waals surface area contributed by atoms with Crippen molar-refractivity contribution < 1.29 is 14.0 Å². The number of rotatable bonds is 5. The van der Waals surface area contributed by atoms with Crippen LogP contribution in [-0.2, 0) is 0 Å². The number of hydrogen-bond acceptors (Lipinski definition) is 5. The lowest BCUT2D eigenvalue weighted by Crippen LogP contribution is -2.38. The Hall–Kier alpha value is -4.13. The molecule has 1 fully saturated rings. The lowest BCUT2D eigenvalue weighted by molar-refractivity contribution is 0.0996. The third-order valence-corrected chi connectivity index (χ3v) is 6.43. The van der Waals surface area contributed by atoms with Gasteiger partial charge in [-0.3, -0.25) is 9.59 Å². The fourth-order valence-electron chi connectivity index (χ4n) is 4.65. The molecule has 1 aromatic heterocycles. The number of carbonyl (C=O) groups is 2. The zero-order valence-electron chi connectivity index (χ0n) is 19.0. The first-order valence-corrected chi connectivity index (χ1v) is 11.5. The third kappa shape index (κ3) is 4.12. The van der Waals surface area contributed by atoms with Crippen molar-refractivity contribution in [3.63, 3.8) is 0 Å². The molecule has 7 nitrogen and oxygen atoms in total. The number of hydrogen-bond donors (Lipinski definition) is 2. The molecule has 0 saturated carbocycles. The van der Waals surface area contributed by atoms with Gasteiger partial charge in [-0.1, -0.05) is 36.4 Å². The second-order valence-corrected chi connectivity index (χ2v) is 8.68. The quantitative estimate of drug-likeness (QED) is 0.430. The van der Waals surface area contributed by atoms with Crippen LogP contribution in [-0.4, -0.2) is 29.4 Å². The molecule has 2 heterocycles. The highest BCUT2D eigenvalue weighted by atomic mass is 16.3. The number of nitrogens with one attached hydrogen (secondary N) is 1. The fourth-order valence-corrected chi connectivity index (χ4v) is 4.65. The number of aromatic nitrogens is 1. The van der Waals surface area contributed by atoms with E-state index in [0.717, 1.165) is 41.4 Å². The van der Waals surface area contributed by atoms with Crippen LogP contribution in [0, 0.1) is 0 Å². The molecule has 172 valence electrons. The first-order valence-electron chi connectivity index (χ1n) is 11.5. The number of anilines is 2. The maximum Gasteiger partial charge on any atom is 0.278 e. The highest BCUT2D eigenvalue weighted by Gasteiger charge is 2.24. The summed E-state index contributed by atoms with van der Waals surface area (Å²) < 4.78 is 5.58. The van der Waals surface area contributed by atoms with Gasteiger partial charge in [-0.2, -0.15) is 0 Å². The Morgan fingerprint density at radius 3 is 2.68 bits per heavy atom. The Morgan fingerprint density at radius 2 is 1.88 bits per heavy atom. The van der Waals surface area contributed by atoms with Crippen LogP contribution in [0.15, 0.2) is 71.5 Å². The van der Waals surface area contributed by atoms with Gasteiger partial charge in [-0.05, 0) is 61.2 Å². The van der Waals surface area contributed by atoms with E-state index < -0.39 is 11.8 Å². The lowest BCUT2D eigenvalue weighted by atomic mass is 10.0. The van der Waals surface area contributed by atoms with Crippen LogP contribution >= 0.6 is 0 Å². The number of piperidine rings is 1. The van der Waals surface area contributed by atoms with Crippen LogP contribution in [0.1, 0.15) is 47.0 Å². The number of carbonyl (C=O) groups excluding carboxylic acids is 2. The summed E-state index contributed by atoms with van der Waals surface area (Å²) in [5, 5.41) is 4.98. The number of primary amides is 1. The molecular weight excluding hydrogens is 428 g/mol. The van der Waals surface area contributed by atoms with Crippen molar-refractivity contribution in [1.82, 2.24) is 4.98 Å². The molecule has 7 heteroatoms. The van der Waals surface area contributed by atoms with E-state index in [1.807, 2.05) is 48.5 Å². The molecule has 0 spiro atoms. The van der Waals surface area contributed by atoms with E-state index in [9.17, 15) is 9.59 Å². The molecule has 0 radical (unpaired) electrons. The summed E-state index contributed by atoms with van der Waals surface area (Å²) in [4.78, 5) is 31.7. The Labute approximate surface area is 197 Å². The van der Waals surface area contributed by atoms with Crippen LogP contribution in [0.2, 0.25) is 0 Å². The predicted molar refractivity (Wildman–Crippen MR) is 133 cm³/mol. The first-order chi connectivity index (χ1) is 16.5. The van der Waals surface area contributed by atoms with Crippen LogP contribution in [0.3, 0.4) is 0 Å². The van der Waals surface area contributed by atoms with Gasteiger partial charge < -0.3 is 20.4 Å². The van der Waals surface area contributed by atoms with E-state index in [2.05, 4.69) is 22.1 Å². The summed E-state index contributed by atoms with van der Waals surface area (Å²) in [5.74, 6) is -0.564. The maximum absolute atomic E-state index is 13.1. The number of oxazole rings is 1. The van der Waals surface area contributed by atoms with E-state index in [1.165, 1.54) is 12.8 Å². The number of nitrogens with zero attached hydrogens (tertiary/aromatic N) is 2. The van der Waals surface area contributed by atoms with E-state index in [0.29, 0.717) is 23.1 Å². The first kappa shape index (κ1) is 21.7. The average molecular weight is 455 g/mol. The summed E-state index contributed by atoms with van der Waals surface area (Å²) in [6.45, 7) is 3.03. The van der Waals surface area contributed by atoms with Crippen molar-refractivity contribution in [2.24, 2.45) is 5.73 Å². The molecule has 2 amide bonds. The zero-order chi connectivity index (χ0) is 23.7. The normalized spacial score (nSPS) is 15.9. The molecule has 1 aliphatic heterocycles. The van der Waals surface area contributed by atoms with Crippen LogP contribution in [0.4, 0.5) is 11.4 Å². The molecule has 5 rings (SSSR count). The Balaban J connectivity index is 1.42. The fraction of sp³-hybridized carbons (Fsp3) is 0.222. The van der Waals surface area contributed by atoms with Gasteiger partial charge in [0.2, 0.25) is 0 Å². The largest absolute Gasteiger partial charge is 0.443 e. The highest BCUT2D eigenvalue weighted by Crippen LogP contribution is 2.31. The van der Waals surface area contributed by atoms with Crippen LogP contribution < -0.4 is 16.0 Å². The van der Waals surface area contributed by atoms with Crippen LogP contribution in [0.25, 0.3) is 22.1 Å². The third-order valence-electron chi connectivity index (χ3n) is 6.43. The molecule has 3 aromatic carbocycles. The Bertz CT molecular complexity index is 1380. The van der Waals surface area contributed by atoms with Crippen molar-refractivity contribution in [3.05, 3.63) is 78.3 Å². The van der Waals surface area contributed by atoms with Crippen molar-refractivity contribution in [2.75, 3.05) is 16.8 Å². The van der Waals surface area contributed by atoms with E-state index in [1.54, 1.807) is 12.1 Å². The lowest BCUT2D eigenvalue weighted by Gasteiger charge is -2.36. The number of nitrogens with two attached hydrogens (primary N) is 1. The highest BCUT2D eigenvalue weighted by molar-refractivity contribution is 6.08. The average Bonchev–Trinajstić information content (AvgIpc) is 3.34. The topological polar surface area (TPSA) is 101 Å². The smallest absolute Gasteiger partial charge is 0.278 e. The Kier molecular flexibility index (Phi) is 5.76. The van der Waals surface area contributed by atoms with E-state index in [4.69, 9.17) is 10.2 Å².